The van der Waals surface area contributed by atoms with Gasteiger partial charge in [-0.25, -0.2) is 9.97 Å². The van der Waals surface area contributed by atoms with E-state index in [0.717, 1.165) is 49.7 Å². The lowest BCUT2D eigenvalue weighted by molar-refractivity contribution is -0.126. The lowest BCUT2D eigenvalue weighted by Gasteiger charge is -2.38. The van der Waals surface area contributed by atoms with Crippen molar-refractivity contribution in [2.45, 2.75) is 45.7 Å². The molecule has 0 unspecified atom stereocenters. The summed E-state index contributed by atoms with van der Waals surface area (Å²) in [7, 11) is 0. The fraction of sp³-hybridized carbons (Fsp3) is 0.611. The zero-order chi connectivity index (χ0) is 17.6. The predicted octanol–water partition coefficient (Wildman–Crippen LogP) is 2.10. The number of nitrogens with zero attached hydrogens (tertiary/aromatic N) is 4. The molecule has 2 fully saturated rings. The van der Waals surface area contributed by atoms with Crippen molar-refractivity contribution in [1.82, 2.24) is 20.2 Å². The molecule has 2 aliphatic rings. The summed E-state index contributed by atoms with van der Waals surface area (Å²) in [6, 6.07) is 0.369. The predicted molar refractivity (Wildman–Crippen MR) is 101 cm³/mol. The van der Waals surface area contributed by atoms with Crippen LogP contribution in [0.1, 0.15) is 30.2 Å². The first-order valence-corrected chi connectivity index (χ1v) is 9.86. The summed E-state index contributed by atoms with van der Waals surface area (Å²) in [6.45, 7) is 9.86. The van der Waals surface area contributed by atoms with Crippen LogP contribution in [-0.2, 0) is 4.79 Å². The van der Waals surface area contributed by atoms with E-state index >= 15 is 0 Å². The van der Waals surface area contributed by atoms with Gasteiger partial charge in [0, 0.05) is 37.1 Å². The van der Waals surface area contributed by atoms with E-state index in [-0.39, 0.29) is 11.9 Å². The van der Waals surface area contributed by atoms with E-state index in [0.29, 0.717) is 6.04 Å². The fourth-order valence-corrected chi connectivity index (χ4v) is 4.43. The highest BCUT2D eigenvalue weighted by molar-refractivity contribution is 7.18. The largest absolute Gasteiger partial charge is 0.353 e. The molecule has 3 heterocycles. The number of aryl methyl sites for hydroxylation is 2. The molecular formula is C18H25N5OS. The average molecular weight is 359 g/mol. The van der Waals surface area contributed by atoms with Crippen molar-refractivity contribution in [1.29, 1.82) is 0 Å². The molecule has 1 saturated heterocycles. The first kappa shape index (κ1) is 16.7. The Morgan fingerprint density at radius 1 is 1.24 bits per heavy atom. The zero-order valence-electron chi connectivity index (χ0n) is 15.1. The molecule has 6 nitrogen and oxygen atoms in total. The Bertz CT molecular complexity index is 792. The van der Waals surface area contributed by atoms with Crippen molar-refractivity contribution in [2.75, 3.05) is 31.1 Å². The smallest absolute Gasteiger partial charge is 0.237 e. The molecule has 1 N–H and O–H groups in total. The minimum absolute atomic E-state index is 0.0571. The van der Waals surface area contributed by atoms with Gasteiger partial charge in [-0.1, -0.05) is 0 Å². The molecule has 1 amide bonds. The molecule has 0 bridgehead atoms. The number of hydrogen-bond acceptors (Lipinski definition) is 6. The number of amides is 1. The quantitative estimate of drug-likeness (QED) is 0.906. The van der Waals surface area contributed by atoms with Gasteiger partial charge in [-0.05, 0) is 39.2 Å². The van der Waals surface area contributed by atoms with Crippen molar-refractivity contribution in [3.05, 3.63) is 16.8 Å². The fourth-order valence-electron chi connectivity index (χ4n) is 3.44. The molecule has 1 atom stereocenters. The molecule has 134 valence electrons. The third-order valence-corrected chi connectivity index (χ3v) is 6.53. The lowest BCUT2D eigenvalue weighted by Crippen LogP contribution is -2.54. The van der Waals surface area contributed by atoms with E-state index in [9.17, 15) is 4.79 Å². The summed E-state index contributed by atoms with van der Waals surface area (Å²) in [5.74, 6) is 1.21. The molecule has 0 aromatic carbocycles. The number of aromatic nitrogens is 2. The summed E-state index contributed by atoms with van der Waals surface area (Å²) >= 11 is 1.74. The van der Waals surface area contributed by atoms with Crippen LogP contribution in [0, 0.1) is 13.8 Å². The maximum absolute atomic E-state index is 12.3. The second kappa shape index (κ2) is 6.53. The monoisotopic (exact) mass is 359 g/mol. The Labute approximate surface area is 152 Å². The topological polar surface area (TPSA) is 61.4 Å². The Morgan fingerprint density at radius 2 is 1.96 bits per heavy atom. The number of carbonyl (C=O) groups is 1. The molecule has 2 aromatic rings. The van der Waals surface area contributed by atoms with E-state index in [1.54, 1.807) is 17.7 Å². The van der Waals surface area contributed by atoms with Gasteiger partial charge in [0.15, 0.2) is 0 Å². The highest BCUT2D eigenvalue weighted by atomic mass is 32.1. The van der Waals surface area contributed by atoms with Gasteiger partial charge in [-0.15, -0.1) is 11.3 Å². The number of hydrogen-bond donors (Lipinski definition) is 1. The van der Waals surface area contributed by atoms with Crippen LogP contribution in [0.4, 0.5) is 5.82 Å². The third-order valence-electron chi connectivity index (χ3n) is 5.41. The number of fused-ring (bicyclic) bond motifs is 1. The zero-order valence-corrected chi connectivity index (χ0v) is 15.9. The molecular weight excluding hydrogens is 334 g/mol. The first-order valence-electron chi connectivity index (χ1n) is 9.04. The van der Waals surface area contributed by atoms with Crippen LogP contribution in [0.25, 0.3) is 10.2 Å². The molecule has 1 aliphatic carbocycles. The van der Waals surface area contributed by atoms with Crippen LogP contribution in [0.3, 0.4) is 0 Å². The van der Waals surface area contributed by atoms with E-state index in [1.165, 1.54) is 15.8 Å². The molecule has 2 aromatic heterocycles. The van der Waals surface area contributed by atoms with Crippen molar-refractivity contribution in [3.8, 4) is 0 Å². The van der Waals surface area contributed by atoms with Crippen LogP contribution in [-0.4, -0.2) is 59.0 Å². The Morgan fingerprint density at radius 3 is 2.64 bits per heavy atom. The molecule has 0 radical (unpaired) electrons. The second-order valence-electron chi connectivity index (χ2n) is 7.14. The molecule has 0 spiro atoms. The molecule has 7 heteroatoms. The highest BCUT2D eigenvalue weighted by Gasteiger charge is 2.30. The standard InChI is InChI=1S/C18H25N5OS/c1-11-13(3)25-18-15(11)16(19-10-20-18)23-8-6-22(7-9-23)12(2)17(24)21-14-4-5-14/h10,12,14H,4-9H2,1-3H3,(H,21,24)/t12-/m1/s1. The molecule has 1 saturated carbocycles. The minimum atomic E-state index is -0.0571. The van der Waals surface area contributed by atoms with Crippen LogP contribution < -0.4 is 10.2 Å². The SMILES string of the molecule is Cc1sc2ncnc(N3CCN([C@H](C)C(=O)NC4CC4)CC3)c2c1C. The highest BCUT2D eigenvalue weighted by Crippen LogP contribution is 2.34. The Kier molecular flexibility index (Phi) is 4.37. The number of thiophene rings is 1. The summed E-state index contributed by atoms with van der Waals surface area (Å²) in [6.07, 6.45) is 3.94. The molecule has 25 heavy (non-hydrogen) atoms. The maximum Gasteiger partial charge on any atom is 0.237 e. The summed E-state index contributed by atoms with van der Waals surface area (Å²) < 4.78 is 0. The van der Waals surface area contributed by atoms with Crippen LogP contribution in [0.2, 0.25) is 0 Å². The second-order valence-corrected chi connectivity index (χ2v) is 8.35. The van der Waals surface area contributed by atoms with Gasteiger partial charge < -0.3 is 10.2 Å². The number of rotatable bonds is 4. The van der Waals surface area contributed by atoms with Crippen LogP contribution >= 0.6 is 11.3 Å². The third kappa shape index (κ3) is 3.22. The minimum Gasteiger partial charge on any atom is -0.353 e. The summed E-state index contributed by atoms with van der Waals surface area (Å²) in [5.41, 5.74) is 1.29. The van der Waals surface area contributed by atoms with Crippen LogP contribution in [0.15, 0.2) is 6.33 Å². The lowest BCUT2D eigenvalue weighted by atomic mass is 10.1. The summed E-state index contributed by atoms with van der Waals surface area (Å²) in [4.78, 5) is 28.3. The average Bonchev–Trinajstić information content (AvgIpc) is 3.39. The van der Waals surface area contributed by atoms with Gasteiger partial charge in [0.05, 0.1) is 11.4 Å². The van der Waals surface area contributed by atoms with Crippen molar-refractivity contribution in [2.24, 2.45) is 0 Å². The molecule has 1 aliphatic heterocycles. The van der Waals surface area contributed by atoms with Gasteiger partial charge in [-0.3, -0.25) is 9.69 Å². The van der Waals surface area contributed by atoms with Gasteiger partial charge in [0.1, 0.15) is 17.0 Å². The van der Waals surface area contributed by atoms with Crippen LogP contribution in [0.5, 0.6) is 0 Å². The van der Waals surface area contributed by atoms with Gasteiger partial charge in [-0.2, -0.15) is 0 Å². The Balaban J connectivity index is 1.46. The Hall–Kier alpha value is -1.73. The van der Waals surface area contributed by atoms with Crippen molar-refractivity contribution >= 4 is 33.3 Å². The van der Waals surface area contributed by atoms with Gasteiger partial charge >= 0.3 is 0 Å². The van der Waals surface area contributed by atoms with Crippen molar-refractivity contribution in [3.63, 3.8) is 0 Å². The first-order chi connectivity index (χ1) is 12.0. The van der Waals surface area contributed by atoms with Gasteiger partial charge in [0.25, 0.3) is 0 Å². The molecule has 4 rings (SSSR count). The van der Waals surface area contributed by atoms with Gasteiger partial charge in [0.2, 0.25) is 5.91 Å². The number of carbonyl (C=O) groups excluding carboxylic acids is 1. The van der Waals surface area contributed by atoms with E-state index in [2.05, 4.69) is 38.9 Å². The number of nitrogens with one attached hydrogen (secondary N) is 1. The maximum atomic E-state index is 12.3. The van der Waals surface area contributed by atoms with Crippen molar-refractivity contribution < 1.29 is 4.79 Å². The van der Waals surface area contributed by atoms with E-state index in [4.69, 9.17) is 0 Å². The number of piperazine rings is 1. The summed E-state index contributed by atoms with van der Waals surface area (Å²) in [5, 5.41) is 4.31. The number of anilines is 1. The van der Waals surface area contributed by atoms with E-state index in [1.807, 2.05) is 6.92 Å². The van der Waals surface area contributed by atoms with E-state index < -0.39 is 0 Å². The normalized spacial score (nSPS) is 20.0.